The van der Waals surface area contributed by atoms with E-state index in [1.165, 1.54) is 5.75 Å². The number of thioether (sulfide) groups is 1. The van der Waals surface area contributed by atoms with Crippen LogP contribution in [-0.2, 0) is 0 Å². The van der Waals surface area contributed by atoms with Gasteiger partial charge in [0.2, 0.25) is 0 Å². The summed E-state index contributed by atoms with van der Waals surface area (Å²) in [5.41, 5.74) is 7.04. The zero-order valence-electron chi connectivity index (χ0n) is 8.19. The van der Waals surface area contributed by atoms with Crippen LogP contribution < -0.4 is 5.73 Å². The molecule has 0 aliphatic heterocycles. The SMILES string of the molecule is CC(C)CSCC(N)c1ccoc1. The minimum absolute atomic E-state index is 0.113. The number of hydrogen-bond acceptors (Lipinski definition) is 3. The average molecular weight is 199 g/mol. The van der Waals surface area contributed by atoms with Crippen LogP contribution in [0.2, 0.25) is 0 Å². The maximum absolute atomic E-state index is 5.94. The Morgan fingerprint density at radius 3 is 2.77 bits per heavy atom. The Balaban J connectivity index is 2.22. The van der Waals surface area contributed by atoms with Crippen LogP contribution in [0.25, 0.3) is 0 Å². The molecule has 1 heterocycles. The average Bonchev–Trinajstić information content (AvgIpc) is 2.55. The van der Waals surface area contributed by atoms with E-state index >= 15 is 0 Å². The Kier molecular flexibility index (Phi) is 4.39. The van der Waals surface area contributed by atoms with E-state index in [1.54, 1.807) is 12.5 Å². The second-order valence-electron chi connectivity index (χ2n) is 3.59. The molecule has 0 fully saturated rings. The van der Waals surface area contributed by atoms with Crippen LogP contribution in [0, 0.1) is 5.92 Å². The first-order valence-electron chi connectivity index (χ1n) is 4.55. The predicted molar refractivity (Wildman–Crippen MR) is 57.8 cm³/mol. The predicted octanol–water partition coefficient (Wildman–Crippen LogP) is 2.67. The maximum atomic E-state index is 5.94. The summed E-state index contributed by atoms with van der Waals surface area (Å²) in [7, 11) is 0. The highest BCUT2D eigenvalue weighted by Crippen LogP contribution is 2.17. The van der Waals surface area contributed by atoms with Crippen LogP contribution in [0.15, 0.2) is 23.0 Å². The molecule has 1 unspecified atom stereocenters. The summed E-state index contributed by atoms with van der Waals surface area (Å²) in [4.78, 5) is 0. The van der Waals surface area contributed by atoms with Crippen molar-refractivity contribution in [2.75, 3.05) is 11.5 Å². The molecule has 0 aromatic carbocycles. The summed E-state index contributed by atoms with van der Waals surface area (Å²) >= 11 is 1.90. The lowest BCUT2D eigenvalue weighted by Crippen LogP contribution is -2.12. The third-order valence-electron chi connectivity index (χ3n) is 1.72. The monoisotopic (exact) mass is 199 g/mol. The van der Waals surface area contributed by atoms with E-state index in [0.29, 0.717) is 0 Å². The molecule has 0 saturated carbocycles. The third-order valence-corrected chi connectivity index (χ3v) is 3.22. The van der Waals surface area contributed by atoms with Gasteiger partial charge in [-0.1, -0.05) is 13.8 Å². The van der Waals surface area contributed by atoms with Gasteiger partial charge in [0.15, 0.2) is 0 Å². The second-order valence-corrected chi connectivity index (χ2v) is 4.67. The first-order chi connectivity index (χ1) is 6.20. The Morgan fingerprint density at radius 2 is 2.23 bits per heavy atom. The molecule has 0 aliphatic carbocycles. The van der Waals surface area contributed by atoms with Crippen molar-refractivity contribution in [2.45, 2.75) is 19.9 Å². The smallest absolute Gasteiger partial charge is 0.0950 e. The zero-order chi connectivity index (χ0) is 9.68. The zero-order valence-corrected chi connectivity index (χ0v) is 9.01. The van der Waals surface area contributed by atoms with Crippen molar-refractivity contribution in [3.63, 3.8) is 0 Å². The van der Waals surface area contributed by atoms with Gasteiger partial charge in [-0.3, -0.25) is 0 Å². The molecular formula is C10H17NOS. The second kappa shape index (κ2) is 5.35. The standard InChI is InChI=1S/C10H17NOS/c1-8(2)6-13-7-10(11)9-3-4-12-5-9/h3-5,8,10H,6-7,11H2,1-2H3. The van der Waals surface area contributed by atoms with Crippen molar-refractivity contribution in [2.24, 2.45) is 11.7 Å². The summed E-state index contributed by atoms with van der Waals surface area (Å²) in [5, 5.41) is 0. The van der Waals surface area contributed by atoms with Crippen LogP contribution in [0.3, 0.4) is 0 Å². The highest BCUT2D eigenvalue weighted by Gasteiger charge is 2.07. The summed E-state index contributed by atoms with van der Waals surface area (Å²) in [5.74, 6) is 2.88. The van der Waals surface area contributed by atoms with Crippen LogP contribution >= 0.6 is 11.8 Å². The lowest BCUT2D eigenvalue weighted by Gasteiger charge is -2.09. The minimum atomic E-state index is 0.113. The van der Waals surface area contributed by atoms with Gasteiger partial charge in [0, 0.05) is 17.4 Å². The fourth-order valence-electron chi connectivity index (χ4n) is 1.01. The molecule has 0 radical (unpaired) electrons. The van der Waals surface area contributed by atoms with Crippen LogP contribution in [-0.4, -0.2) is 11.5 Å². The summed E-state index contributed by atoms with van der Waals surface area (Å²) in [6, 6.07) is 2.04. The van der Waals surface area contributed by atoms with Crippen molar-refractivity contribution in [1.29, 1.82) is 0 Å². The van der Waals surface area contributed by atoms with Gasteiger partial charge < -0.3 is 10.2 Å². The minimum Gasteiger partial charge on any atom is -0.472 e. The molecule has 0 bridgehead atoms. The maximum Gasteiger partial charge on any atom is 0.0950 e. The fraction of sp³-hybridized carbons (Fsp3) is 0.600. The van der Waals surface area contributed by atoms with E-state index in [2.05, 4.69) is 13.8 Å². The summed E-state index contributed by atoms with van der Waals surface area (Å²) in [6.45, 7) is 4.44. The third kappa shape index (κ3) is 3.87. The number of rotatable bonds is 5. The molecule has 1 rings (SSSR count). The Hall–Kier alpha value is -0.410. The van der Waals surface area contributed by atoms with Crippen molar-refractivity contribution in [3.05, 3.63) is 24.2 Å². The van der Waals surface area contributed by atoms with Gasteiger partial charge in [-0.15, -0.1) is 0 Å². The first kappa shape index (κ1) is 10.7. The molecule has 2 nitrogen and oxygen atoms in total. The number of nitrogens with two attached hydrogens (primary N) is 1. The van der Waals surface area contributed by atoms with Crippen molar-refractivity contribution in [3.8, 4) is 0 Å². The van der Waals surface area contributed by atoms with Crippen molar-refractivity contribution in [1.82, 2.24) is 0 Å². The molecule has 0 amide bonds. The van der Waals surface area contributed by atoms with Gasteiger partial charge in [-0.25, -0.2) is 0 Å². The quantitative estimate of drug-likeness (QED) is 0.792. The van der Waals surface area contributed by atoms with Crippen molar-refractivity contribution < 1.29 is 4.42 Å². The lowest BCUT2D eigenvalue weighted by atomic mass is 10.2. The Labute approximate surface area is 83.9 Å². The van der Waals surface area contributed by atoms with Gasteiger partial charge in [0.1, 0.15) is 0 Å². The summed E-state index contributed by atoms with van der Waals surface area (Å²) < 4.78 is 4.97. The fourth-order valence-corrected chi connectivity index (χ4v) is 2.07. The first-order valence-corrected chi connectivity index (χ1v) is 5.71. The van der Waals surface area contributed by atoms with Gasteiger partial charge in [0.25, 0.3) is 0 Å². The van der Waals surface area contributed by atoms with E-state index in [-0.39, 0.29) is 6.04 Å². The lowest BCUT2D eigenvalue weighted by molar-refractivity contribution is 0.561. The van der Waals surface area contributed by atoms with E-state index in [1.807, 2.05) is 17.8 Å². The van der Waals surface area contributed by atoms with Gasteiger partial charge in [0.05, 0.1) is 12.5 Å². The number of furan rings is 1. The van der Waals surface area contributed by atoms with Gasteiger partial charge in [-0.05, 0) is 17.7 Å². The van der Waals surface area contributed by atoms with E-state index in [4.69, 9.17) is 10.2 Å². The highest BCUT2D eigenvalue weighted by molar-refractivity contribution is 7.99. The van der Waals surface area contributed by atoms with E-state index < -0.39 is 0 Å². The molecule has 2 N–H and O–H groups in total. The Morgan fingerprint density at radius 1 is 1.46 bits per heavy atom. The van der Waals surface area contributed by atoms with E-state index in [0.717, 1.165) is 17.2 Å². The van der Waals surface area contributed by atoms with Crippen LogP contribution in [0.4, 0.5) is 0 Å². The number of hydrogen-bond donors (Lipinski definition) is 1. The van der Waals surface area contributed by atoms with Crippen LogP contribution in [0.1, 0.15) is 25.5 Å². The topological polar surface area (TPSA) is 39.2 Å². The molecule has 13 heavy (non-hydrogen) atoms. The molecule has 74 valence electrons. The molecule has 0 aliphatic rings. The van der Waals surface area contributed by atoms with Crippen LogP contribution in [0.5, 0.6) is 0 Å². The van der Waals surface area contributed by atoms with Crippen molar-refractivity contribution >= 4 is 11.8 Å². The Bertz CT molecular complexity index is 221. The largest absolute Gasteiger partial charge is 0.472 e. The van der Waals surface area contributed by atoms with Gasteiger partial charge >= 0.3 is 0 Å². The van der Waals surface area contributed by atoms with Gasteiger partial charge in [-0.2, -0.15) is 11.8 Å². The highest BCUT2D eigenvalue weighted by atomic mass is 32.2. The molecule has 0 spiro atoms. The van der Waals surface area contributed by atoms with E-state index in [9.17, 15) is 0 Å². The molecular weight excluding hydrogens is 182 g/mol. The molecule has 1 aromatic heterocycles. The summed E-state index contributed by atoms with van der Waals surface area (Å²) in [6.07, 6.45) is 3.39. The molecule has 0 saturated heterocycles. The molecule has 1 aromatic rings. The molecule has 1 atom stereocenters. The molecule has 3 heteroatoms. The normalized spacial score (nSPS) is 13.5.